The topological polar surface area (TPSA) is 212 Å². The summed E-state index contributed by atoms with van der Waals surface area (Å²) in [6.07, 6.45) is -0.0949. The number of ether oxygens (including phenoxy) is 4. The number of hydrogen-bond acceptors (Lipinski definition) is 14. The van der Waals surface area contributed by atoms with Gasteiger partial charge in [0.25, 0.3) is 0 Å². The smallest absolute Gasteiger partial charge is 0.459 e. The molecule has 224 valence electrons. The van der Waals surface area contributed by atoms with E-state index in [-0.39, 0.29) is 41.8 Å². The number of hydrogen-bond donors (Lipinski definition) is 2. The molecule has 1 aliphatic rings. The van der Waals surface area contributed by atoms with Crippen LogP contribution in [0.25, 0.3) is 11.2 Å². The molecular formula is C25H30N7O9P. The minimum absolute atomic E-state index is 0.0192. The van der Waals surface area contributed by atoms with Gasteiger partial charge in [0.15, 0.2) is 17.4 Å². The zero-order valence-corrected chi connectivity index (χ0v) is 24.4. The van der Waals surface area contributed by atoms with Crippen molar-refractivity contribution in [1.29, 1.82) is 5.26 Å². The molecule has 2 aromatic heterocycles. The number of rotatable bonds is 11. The molecule has 0 bridgehead atoms. The second-order valence-electron chi connectivity index (χ2n) is 9.51. The number of aromatic nitrogens is 4. The van der Waals surface area contributed by atoms with E-state index < -0.39 is 43.5 Å². The lowest BCUT2D eigenvalue weighted by atomic mass is 9.87. The highest BCUT2D eigenvalue weighted by Gasteiger charge is 2.48. The zero-order chi connectivity index (χ0) is 30.7. The molecule has 3 aromatic rings. The summed E-state index contributed by atoms with van der Waals surface area (Å²) < 4.78 is 47.9. The van der Waals surface area contributed by atoms with Gasteiger partial charge in [0.1, 0.15) is 22.8 Å². The quantitative estimate of drug-likeness (QED) is 0.238. The van der Waals surface area contributed by atoms with Crippen molar-refractivity contribution < 1.29 is 42.1 Å². The number of fused-ring (bicyclic) bond motifs is 1. The Hall–Kier alpha value is -4.29. The van der Waals surface area contributed by atoms with Gasteiger partial charge in [0.2, 0.25) is 11.8 Å². The zero-order valence-electron chi connectivity index (χ0n) is 23.5. The molecule has 5 atom stereocenters. The summed E-state index contributed by atoms with van der Waals surface area (Å²) in [6, 6.07) is 7.09. The van der Waals surface area contributed by atoms with E-state index in [9.17, 15) is 19.4 Å². The van der Waals surface area contributed by atoms with Gasteiger partial charge >= 0.3 is 19.7 Å². The predicted molar refractivity (Wildman–Crippen MR) is 145 cm³/mol. The van der Waals surface area contributed by atoms with Crippen molar-refractivity contribution in [2.45, 2.75) is 38.6 Å². The minimum Gasteiger partial charge on any atom is -0.479 e. The molecule has 0 saturated carbocycles. The van der Waals surface area contributed by atoms with Gasteiger partial charge in [-0.15, -0.1) is 0 Å². The van der Waals surface area contributed by atoms with Gasteiger partial charge < -0.3 is 29.2 Å². The number of nitrogens with one attached hydrogen (secondary N) is 1. The number of carbonyl (C=O) groups excluding carboxylic acids is 2. The first kappa shape index (κ1) is 30.7. The van der Waals surface area contributed by atoms with Crippen LogP contribution in [-0.2, 0) is 28.1 Å². The van der Waals surface area contributed by atoms with Crippen molar-refractivity contribution in [2.75, 3.05) is 33.7 Å². The number of nitrogens with two attached hydrogens (primary N) is 1. The highest BCUT2D eigenvalue weighted by atomic mass is 31.2. The van der Waals surface area contributed by atoms with E-state index in [1.54, 1.807) is 23.6 Å². The average molecular weight is 604 g/mol. The summed E-state index contributed by atoms with van der Waals surface area (Å²) in [7, 11) is -0.603. The number of benzene rings is 1. The Bertz CT molecular complexity index is 1580. The van der Waals surface area contributed by atoms with Gasteiger partial charge in [-0.3, -0.25) is 13.9 Å². The molecule has 3 heterocycles. The van der Waals surface area contributed by atoms with Crippen LogP contribution in [0.1, 0.15) is 36.9 Å². The molecule has 5 unspecified atom stereocenters. The number of anilines is 1. The third kappa shape index (κ3) is 6.14. The molecule has 1 saturated heterocycles. The van der Waals surface area contributed by atoms with Crippen LogP contribution < -0.4 is 20.1 Å². The SMILES string of the molecule is COC(=O)c1ccccc1OP(=O)(NC(C)C(=O)OC)OCC1CC(C)(C#N)C(n2cnc3c(OC)nc(N)nc32)O1. The number of imidazole rings is 1. The highest BCUT2D eigenvalue weighted by molar-refractivity contribution is 7.52. The number of esters is 2. The number of para-hydroxylation sites is 1. The van der Waals surface area contributed by atoms with Crippen LogP contribution in [0.3, 0.4) is 0 Å². The van der Waals surface area contributed by atoms with Crippen molar-refractivity contribution >= 4 is 36.8 Å². The maximum Gasteiger partial charge on any atom is 0.459 e. The standard InChI is InChI=1S/C25H30N7O9P/c1-14(21(33)37-4)31-42(35,41-17-9-7-6-8-16(17)22(34)38-5)39-11-15-10-25(2,12-26)23(40-15)32-13-28-18-19(32)29-24(27)30-20(18)36-3/h6-9,13-15,23H,10-11H2,1-5H3,(H,31,35)(H2,27,29,30). The van der Waals surface area contributed by atoms with E-state index in [0.29, 0.717) is 5.52 Å². The number of carbonyl (C=O) groups is 2. The van der Waals surface area contributed by atoms with E-state index >= 15 is 0 Å². The van der Waals surface area contributed by atoms with Crippen molar-refractivity contribution in [3.05, 3.63) is 36.2 Å². The average Bonchev–Trinajstić information content (AvgIpc) is 3.55. The molecule has 1 aliphatic heterocycles. The van der Waals surface area contributed by atoms with E-state index in [0.717, 1.165) is 0 Å². The van der Waals surface area contributed by atoms with Crippen molar-refractivity contribution in [1.82, 2.24) is 24.6 Å². The van der Waals surface area contributed by atoms with Crippen molar-refractivity contribution in [3.8, 4) is 17.7 Å². The Balaban J connectivity index is 1.61. The molecule has 3 N–H and O–H groups in total. The summed E-state index contributed by atoms with van der Waals surface area (Å²) in [5.74, 6) is -1.49. The fourth-order valence-electron chi connectivity index (χ4n) is 4.44. The summed E-state index contributed by atoms with van der Waals surface area (Å²) in [4.78, 5) is 36.9. The Morgan fingerprint density at radius 1 is 1.29 bits per heavy atom. The van der Waals surface area contributed by atoms with Gasteiger partial charge in [-0.2, -0.15) is 20.3 Å². The molecule has 1 aromatic carbocycles. The van der Waals surface area contributed by atoms with Crippen LogP contribution in [0.5, 0.6) is 11.6 Å². The highest BCUT2D eigenvalue weighted by Crippen LogP contribution is 2.50. The van der Waals surface area contributed by atoms with Crippen molar-refractivity contribution in [2.24, 2.45) is 5.41 Å². The monoisotopic (exact) mass is 603 g/mol. The number of nitrogens with zero attached hydrogens (tertiary/aromatic N) is 5. The van der Waals surface area contributed by atoms with E-state index in [1.165, 1.54) is 46.7 Å². The molecule has 17 heteroatoms. The molecule has 1 fully saturated rings. The largest absolute Gasteiger partial charge is 0.479 e. The number of nitriles is 1. The maximum atomic E-state index is 14.0. The molecule has 16 nitrogen and oxygen atoms in total. The van der Waals surface area contributed by atoms with Gasteiger partial charge in [-0.25, -0.2) is 14.3 Å². The molecule has 0 amide bonds. The van der Waals surface area contributed by atoms with Gasteiger partial charge in [-0.05, 0) is 32.4 Å². The fraction of sp³-hybridized carbons (Fsp3) is 0.440. The normalized spacial score (nSPS) is 22.1. The summed E-state index contributed by atoms with van der Waals surface area (Å²) in [6.45, 7) is 2.75. The third-order valence-corrected chi connectivity index (χ3v) is 8.10. The Kier molecular flexibility index (Phi) is 8.97. The van der Waals surface area contributed by atoms with Gasteiger partial charge in [0, 0.05) is 0 Å². The van der Waals surface area contributed by atoms with Gasteiger partial charge in [-0.1, -0.05) is 12.1 Å². The first-order valence-electron chi connectivity index (χ1n) is 12.6. The van der Waals surface area contributed by atoms with Crippen LogP contribution in [0, 0.1) is 16.7 Å². The molecular weight excluding hydrogens is 573 g/mol. The van der Waals surface area contributed by atoms with Crippen molar-refractivity contribution in [3.63, 3.8) is 0 Å². The van der Waals surface area contributed by atoms with E-state index in [2.05, 4.69) is 26.1 Å². The Morgan fingerprint density at radius 3 is 2.69 bits per heavy atom. The number of methoxy groups -OCH3 is 3. The van der Waals surface area contributed by atoms with E-state index in [1.807, 2.05) is 0 Å². The summed E-state index contributed by atoms with van der Waals surface area (Å²) in [5, 5.41) is 12.6. The minimum atomic E-state index is -4.37. The lowest BCUT2D eigenvalue weighted by molar-refractivity contribution is -0.142. The third-order valence-electron chi connectivity index (χ3n) is 6.47. The first-order chi connectivity index (χ1) is 20.0. The second kappa shape index (κ2) is 12.3. The molecule has 0 spiro atoms. The molecule has 42 heavy (non-hydrogen) atoms. The molecule has 4 rings (SSSR count). The Morgan fingerprint density at radius 2 is 2.02 bits per heavy atom. The van der Waals surface area contributed by atoms with E-state index in [4.69, 9.17) is 33.7 Å². The predicted octanol–water partition coefficient (Wildman–Crippen LogP) is 2.38. The second-order valence-corrected chi connectivity index (χ2v) is 11.2. The molecule has 0 radical (unpaired) electrons. The molecule has 0 aliphatic carbocycles. The van der Waals surface area contributed by atoms with Crippen LogP contribution in [0.2, 0.25) is 0 Å². The number of nitrogen functional groups attached to an aromatic ring is 1. The lowest BCUT2D eigenvalue weighted by Gasteiger charge is -2.24. The fourth-order valence-corrected chi connectivity index (χ4v) is 5.98. The van der Waals surface area contributed by atoms with Crippen LogP contribution in [-0.4, -0.2) is 71.5 Å². The first-order valence-corrected chi connectivity index (χ1v) is 14.1. The van der Waals surface area contributed by atoms with Gasteiger partial charge in [0.05, 0.1) is 46.4 Å². The summed E-state index contributed by atoms with van der Waals surface area (Å²) >= 11 is 0. The lowest BCUT2D eigenvalue weighted by Crippen LogP contribution is -2.35. The summed E-state index contributed by atoms with van der Waals surface area (Å²) in [5.41, 5.74) is 5.32. The Labute approximate surface area is 240 Å². The van der Waals surface area contributed by atoms with Crippen LogP contribution in [0.4, 0.5) is 5.95 Å². The van der Waals surface area contributed by atoms with Crippen LogP contribution in [0.15, 0.2) is 30.6 Å². The van der Waals surface area contributed by atoms with Crippen LogP contribution >= 0.6 is 7.75 Å². The maximum absolute atomic E-state index is 14.0.